The van der Waals surface area contributed by atoms with Gasteiger partial charge >= 0.3 is 0 Å². The maximum Gasteiger partial charge on any atom is 0.101 e. The van der Waals surface area contributed by atoms with E-state index in [1.165, 1.54) is 0 Å². The van der Waals surface area contributed by atoms with Crippen molar-refractivity contribution in [3.8, 4) is 12.1 Å². The fourth-order valence-electron chi connectivity index (χ4n) is 3.86. The maximum atomic E-state index is 9.16. The fraction of sp³-hybridized carbons (Fsp3) is 0.208. The number of anilines is 1. The molecule has 0 radical (unpaired) electrons. The van der Waals surface area contributed by atoms with Crippen LogP contribution in [0.2, 0.25) is 10.0 Å². The van der Waals surface area contributed by atoms with Crippen molar-refractivity contribution in [2.45, 2.75) is 12.6 Å². The molecule has 2 aromatic carbocycles. The van der Waals surface area contributed by atoms with Crippen molar-refractivity contribution < 1.29 is 0 Å². The number of benzene rings is 2. The molecule has 31 heavy (non-hydrogen) atoms. The summed E-state index contributed by atoms with van der Waals surface area (Å²) in [5, 5.41) is 19.4. The second kappa shape index (κ2) is 9.37. The van der Waals surface area contributed by atoms with Gasteiger partial charge in [-0.05, 0) is 48.0 Å². The molecule has 1 aliphatic rings. The van der Waals surface area contributed by atoms with Crippen LogP contribution in [0.15, 0.2) is 60.8 Å². The van der Waals surface area contributed by atoms with Gasteiger partial charge in [-0.1, -0.05) is 35.3 Å². The topological polar surface area (TPSA) is 67.0 Å². The van der Waals surface area contributed by atoms with Crippen molar-refractivity contribution >= 4 is 28.9 Å². The Morgan fingerprint density at radius 1 is 0.935 bits per heavy atom. The first-order chi connectivity index (χ1) is 15.1. The van der Waals surface area contributed by atoms with Gasteiger partial charge in [0, 0.05) is 37.4 Å². The number of nitriles is 2. The molecule has 0 bridgehead atoms. The van der Waals surface area contributed by atoms with Crippen LogP contribution in [0, 0.1) is 22.7 Å². The largest absolute Gasteiger partial charge is 0.361 e. The van der Waals surface area contributed by atoms with Crippen LogP contribution < -0.4 is 4.90 Å². The van der Waals surface area contributed by atoms with Gasteiger partial charge in [-0.3, -0.25) is 9.88 Å². The van der Waals surface area contributed by atoms with E-state index in [9.17, 15) is 0 Å². The number of rotatable bonds is 4. The van der Waals surface area contributed by atoms with E-state index in [1.54, 1.807) is 24.4 Å². The van der Waals surface area contributed by atoms with Crippen molar-refractivity contribution in [1.29, 1.82) is 10.5 Å². The Bertz CT molecular complexity index is 1150. The second-order valence-corrected chi connectivity index (χ2v) is 8.27. The zero-order valence-electron chi connectivity index (χ0n) is 16.7. The van der Waals surface area contributed by atoms with Crippen LogP contribution >= 0.6 is 23.2 Å². The Morgan fingerprint density at radius 2 is 1.68 bits per heavy atom. The van der Waals surface area contributed by atoms with E-state index in [4.69, 9.17) is 33.7 Å². The van der Waals surface area contributed by atoms with Gasteiger partial charge in [0.2, 0.25) is 0 Å². The third-order valence-corrected chi connectivity index (χ3v) is 6.00. The van der Waals surface area contributed by atoms with Gasteiger partial charge in [0.05, 0.1) is 39.6 Å². The molecule has 1 fully saturated rings. The molecule has 1 saturated heterocycles. The van der Waals surface area contributed by atoms with Crippen molar-refractivity contribution in [2.24, 2.45) is 0 Å². The molecule has 0 amide bonds. The first-order valence-corrected chi connectivity index (χ1v) is 10.6. The molecule has 154 valence electrons. The van der Waals surface area contributed by atoms with Gasteiger partial charge in [0.25, 0.3) is 0 Å². The Labute approximate surface area is 191 Å². The van der Waals surface area contributed by atoms with Crippen LogP contribution in [0.25, 0.3) is 0 Å². The first-order valence-electron chi connectivity index (χ1n) is 9.86. The molecule has 7 heteroatoms. The van der Waals surface area contributed by atoms with Gasteiger partial charge in [-0.25, -0.2) is 0 Å². The van der Waals surface area contributed by atoms with E-state index in [-0.39, 0.29) is 6.04 Å². The third kappa shape index (κ3) is 4.81. The third-order valence-electron chi connectivity index (χ3n) is 5.44. The zero-order chi connectivity index (χ0) is 21.8. The average molecular weight is 448 g/mol. The molecule has 4 rings (SSSR count). The van der Waals surface area contributed by atoms with Gasteiger partial charge < -0.3 is 4.90 Å². The number of nitrogens with zero attached hydrogens (tertiary/aromatic N) is 5. The van der Waals surface area contributed by atoms with E-state index in [1.807, 2.05) is 36.4 Å². The summed E-state index contributed by atoms with van der Waals surface area (Å²) >= 11 is 12.7. The Balaban J connectivity index is 1.61. The standard InChI is InChI=1S/C24H19Cl2N5/c25-20-5-3-19(4-6-20)24-16-30(15-21-7-1-18(13-28)14-29-21)9-10-31(24)23-8-2-17(12-27)11-22(23)26/h1-8,11,14,24H,9-10,15-16H2. The minimum absolute atomic E-state index is 0.0647. The average Bonchev–Trinajstić information content (AvgIpc) is 2.80. The van der Waals surface area contributed by atoms with E-state index in [2.05, 4.69) is 26.9 Å². The molecule has 1 atom stereocenters. The normalized spacial score (nSPS) is 16.5. The SMILES string of the molecule is N#Cc1ccc(CN2CCN(c3ccc(C#N)cc3Cl)C(c3ccc(Cl)cc3)C2)nc1. The Kier molecular flexibility index (Phi) is 6.39. The van der Waals surface area contributed by atoms with Crippen molar-refractivity contribution in [3.63, 3.8) is 0 Å². The lowest BCUT2D eigenvalue weighted by Gasteiger charge is -2.43. The smallest absolute Gasteiger partial charge is 0.101 e. The lowest BCUT2D eigenvalue weighted by atomic mass is 10.0. The summed E-state index contributed by atoms with van der Waals surface area (Å²) in [6.07, 6.45) is 1.61. The number of aromatic nitrogens is 1. The number of halogens is 2. The number of pyridine rings is 1. The predicted octanol–water partition coefficient (Wildman–Crippen LogP) is 5.20. The molecule has 0 saturated carbocycles. The number of hydrogen-bond donors (Lipinski definition) is 0. The van der Waals surface area contributed by atoms with Gasteiger partial charge in [-0.2, -0.15) is 10.5 Å². The van der Waals surface area contributed by atoms with Crippen molar-refractivity contribution in [1.82, 2.24) is 9.88 Å². The summed E-state index contributed by atoms with van der Waals surface area (Å²) in [7, 11) is 0. The summed E-state index contributed by atoms with van der Waals surface area (Å²) < 4.78 is 0. The highest BCUT2D eigenvalue weighted by atomic mass is 35.5. The molecule has 1 aliphatic heterocycles. The molecule has 5 nitrogen and oxygen atoms in total. The van der Waals surface area contributed by atoms with E-state index >= 15 is 0 Å². The van der Waals surface area contributed by atoms with Crippen LogP contribution in [-0.4, -0.2) is 29.5 Å². The highest BCUT2D eigenvalue weighted by Gasteiger charge is 2.30. The Morgan fingerprint density at radius 3 is 2.32 bits per heavy atom. The van der Waals surface area contributed by atoms with Crippen molar-refractivity contribution in [3.05, 3.63) is 93.2 Å². The molecule has 0 spiro atoms. The van der Waals surface area contributed by atoms with Crippen molar-refractivity contribution in [2.75, 3.05) is 24.5 Å². The minimum atomic E-state index is 0.0647. The number of piperazine rings is 1. The quantitative estimate of drug-likeness (QED) is 0.549. The molecule has 0 N–H and O–H groups in total. The molecular formula is C24H19Cl2N5. The van der Waals surface area contributed by atoms with Crippen LogP contribution in [0.4, 0.5) is 5.69 Å². The molecule has 0 aliphatic carbocycles. The van der Waals surface area contributed by atoms with E-state index in [0.717, 1.165) is 36.6 Å². The highest BCUT2D eigenvalue weighted by molar-refractivity contribution is 6.33. The van der Waals surface area contributed by atoms with Crippen LogP contribution in [0.3, 0.4) is 0 Å². The van der Waals surface area contributed by atoms with Crippen LogP contribution in [0.1, 0.15) is 28.4 Å². The van der Waals surface area contributed by atoms with Gasteiger partial charge in [-0.15, -0.1) is 0 Å². The summed E-state index contributed by atoms with van der Waals surface area (Å²) in [5.74, 6) is 0. The monoisotopic (exact) mass is 447 g/mol. The van der Waals surface area contributed by atoms with Gasteiger partial charge in [0.1, 0.15) is 6.07 Å². The molecule has 2 heterocycles. The fourth-order valence-corrected chi connectivity index (χ4v) is 4.28. The minimum Gasteiger partial charge on any atom is -0.361 e. The Hall–Kier alpha value is -3.09. The maximum absolute atomic E-state index is 9.16. The summed E-state index contributed by atoms with van der Waals surface area (Å²) in [6.45, 7) is 3.08. The zero-order valence-corrected chi connectivity index (χ0v) is 18.2. The lowest BCUT2D eigenvalue weighted by Crippen LogP contribution is -2.48. The second-order valence-electron chi connectivity index (χ2n) is 7.42. The number of hydrogen-bond acceptors (Lipinski definition) is 5. The lowest BCUT2D eigenvalue weighted by molar-refractivity contribution is 0.213. The van der Waals surface area contributed by atoms with Crippen LogP contribution in [0.5, 0.6) is 0 Å². The molecule has 3 aromatic rings. The summed E-state index contributed by atoms with van der Waals surface area (Å²) in [4.78, 5) is 9.05. The predicted molar refractivity (Wildman–Crippen MR) is 122 cm³/mol. The first kappa shape index (κ1) is 21.2. The van der Waals surface area contributed by atoms with E-state index < -0.39 is 0 Å². The molecule has 1 aromatic heterocycles. The molecular weight excluding hydrogens is 429 g/mol. The highest BCUT2D eigenvalue weighted by Crippen LogP contribution is 2.36. The molecule has 1 unspecified atom stereocenters. The summed E-state index contributed by atoms with van der Waals surface area (Å²) in [6, 6.07) is 21.3. The van der Waals surface area contributed by atoms with E-state index in [0.29, 0.717) is 27.7 Å². The van der Waals surface area contributed by atoms with Gasteiger partial charge in [0.15, 0.2) is 0 Å². The summed E-state index contributed by atoms with van der Waals surface area (Å²) in [5.41, 5.74) is 4.09. The van der Waals surface area contributed by atoms with Crippen LogP contribution in [-0.2, 0) is 6.54 Å².